The van der Waals surface area contributed by atoms with Gasteiger partial charge in [0, 0.05) is 30.4 Å². The second-order valence-corrected chi connectivity index (χ2v) is 9.54. The van der Waals surface area contributed by atoms with Crippen LogP contribution in [-0.2, 0) is 13.0 Å². The highest BCUT2D eigenvalue weighted by atomic mass is 16.2. The lowest BCUT2D eigenvalue weighted by Crippen LogP contribution is -2.43. The molecule has 0 saturated carbocycles. The summed E-state index contributed by atoms with van der Waals surface area (Å²) in [6.07, 6.45) is 3.66. The maximum absolute atomic E-state index is 12.0. The number of imidazole rings is 1. The Morgan fingerprint density at radius 3 is 2.51 bits per heavy atom. The summed E-state index contributed by atoms with van der Waals surface area (Å²) in [7, 11) is 0. The molecule has 7 nitrogen and oxygen atoms in total. The first kappa shape index (κ1) is 24.5. The summed E-state index contributed by atoms with van der Waals surface area (Å²) in [5, 5.41) is 6.97. The van der Waals surface area contributed by atoms with Crippen LogP contribution in [0.2, 0.25) is 0 Å². The summed E-state index contributed by atoms with van der Waals surface area (Å²) < 4.78 is 2.31. The number of nitrogens with two attached hydrogens (primary N) is 1. The number of nitrogens with zero attached hydrogens (tertiary/aromatic N) is 3. The number of nitrogens with one attached hydrogen (secondary N) is 2. The van der Waals surface area contributed by atoms with Gasteiger partial charge in [0.15, 0.2) is 5.82 Å². The molecular formula is C28H36N6O. The second-order valence-electron chi connectivity index (χ2n) is 9.54. The highest BCUT2D eigenvalue weighted by Gasteiger charge is 2.18. The number of fused-ring (bicyclic) bond motifs is 3. The van der Waals surface area contributed by atoms with E-state index in [1.807, 2.05) is 39.0 Å². The van der Waals surface area contributed by atoms with Crippen LogP contribution in [0.4, 0.5) is 10.6 Å². The highest BCUT2D eigenvalue weighted by Crippen LogP contribution is 2.32. The molecule has 4 rings (SSSR count). The van der Waals surface area contributed by atoms with Gasteiger partial charge in [-0.05, 0) is 57.2 Å². The molecule has 0 aliphatic carbocycles. The third-order valence-electron chi connectivity index (χ3n) is 6.18. The van der Waals surface area contributed by atoms with Crippen molar-refractivity contribution in [3.8, 4) is 11.1 Å². The predicted molar refractivity (Wildman–Crippen MR) is 144 cm³/mol. The van der Waals surface area contributed by atoms with E-state index in [1.165, 1.54) is 0 Å². The number of benzene rings is 2. The highest BCUT2D eigenvalue weighted by molar-refractivity contribution is 6.07. The first-order valence-electron chi connectivity index (χ1n) is 12.6. The number of nitrogen functional groups attached to an aromatic ring is 1. The first-order chi connectivity index (χ1) is 16.9. The minimum absolute atomic E-state index is 0.0788. The number of pyridine rings is 1. The Morgan fingerprint density at radius 1 is 1.03 bits per heavy atom. The van der Waals surface area contributed by atoms with Crippen LogP contribution >= 0.6 is 0 Å². The maximum atomic E-state index is 12.0. The Labute approximate surface area is 207 Å². The number of anilines is 1. The summed E-state index contributed by atoms with van der Waals surface area (Å²) in [4.78, 5) is 21.6. The fraction of sp³-hybridized carbons (Fsp3) is 0.393. The van der Waals surface area contributed by atoms with E-state index in [1.54, 1.807) is 0 Å². The van der Waals surface area contributed by atoms with Gasteiger partial charge in [0.1, 0.15) is 11.3 Å². The number of hydrogen-bond donors (Lipinski definition) is 3. The van der Waals surface area contributed by atoms with Crippen molar-refractivity contribution in [1.82, 2.24) is 25.2 Å². The van der Waals surface area contributed by atoms with E-state index in [0.29, 0.717) is 5.82 Å². The first-order valence-corrected chi connectivity index (χ1v) is 12.6. The zero-order valence-electron chi connectivity index (χ0n) is 21.1. The second kappa shape index (κ2) is 10.8. The van der Waals surface area contributed by atoms with Gasteiger partial charge in [0.2, 0.25) is 0 Å². The standard InChI is InChI=1S/C28H36N6O/c1-5-10-24-33-25-26(34(24)16-9-11-19(4)31-28(35)30-18(2)3)22-15-14-21(17-23(22)32-27(25)29)20-12-7-6-8-13-20/h6-8,12-15,17-19H,5,9-11,16H2,1-4H3,(H2,29,32)(H2,30,31,35). The van der Waals surface area contributed by atoms with E-state index in [0.717, 1.165) is 71.1 Å². The van der Waals surface area contributed by atoms with E-state index in [2.05, 4.69) is 52.5 Å². The van der Waals surface area contributed by atoms with Crippen molar-refractivity contribution < 1.29 is 4.79 Å². The smallest absolute Gasteiger partial charge is 0.315 e. The molecule has 184 valence electrons. The quantitative estimate of drug-likeness (QED) is 0.293. The van der Waals surface area contributed by atoms with Crippen molar-refractivity contribution in [2.24, 2.45) is 0 Å². The molecule has 2 aromatic heterocycles. The molecule has 0 aliphatic heterocycles. The fourth-order valence-electron chi connectivity index (χ4n) is 4.58. The van der Waals surface area contributed by atoms with Gasteiger partial charge in [-0.2, -0.15) is 0 Å². The number of aryl methyl sites for hydroxylation is 2. The number of carbonyl (C=O) groups is 1. The molecule has 1 unspecified atom stereocenters. The SMILES string of the molecule is CCCc1nc2c(N)nc3cc(-c4ccccc4)ccc3c2n1CCCC(C)NC(=O)NC(C)C. The van der Waals surface area contributed by atoms with Gasteiger partial charge in [-0.15, -0.1) is 0 Å². The van der Waals surface area contributed by atoms with Crippen molar-refractivity contribution in [3.63, 3.8) is 0 Å². The van der Waals surface area contributed by atoms with Gasteiger partial charge in [-0.3, -0.25) is 0 Å². The third kappa shape index (κ3) is 5.56. The monoisotopic (exact) mass is 472 g/mol. The Morgan fingerprint density at radius 2 is 1.80 bits per heavy atom. The van der Waals surface area contributed by atoms with E-state index < -0.39 is 0 Å². The largest absolute Gasteiger partial charge is 0.382 e. The van der Waals surface area contributed by atoms with Crippen LogP contribution in [0.5, 0.6) is 0 Å². The number of amides is 2. The Kier molecular flexibility index (Phi) is 7.54. The van der Waals surface area contributed by atoms with Crippen molar-refractivity contribution in [3.05, 3.63) is 54.4 Å². The molecule has 4 aromatic rings. The molecule has 7 heteroatoms. The van der Waals surface area contributed by atoms with Gasteiger partial charge in [-0.1, -0.05) is 49.4 Å². The summed E-state index contributed by atoms with van der Waals surface area (Å²) in [6, 6.07) is 16.8. The van der Waals surface area contributed by atoms with Crippen LogP contribution in [0.25, 0.3) is 33.1 Å². The van der Waals surface area contributed by atoms with Crippen LogP contribution in [0.15, 0.2) is 48.5 Å². The summed E-state index contributed by atoms with van der Waals surface area (Å²) in [6.45, 7) is 8.92. The average Bonchev–Trinajstić information content (AvgIpc) is 3.18. The lowest BCUT2D eigenvalue weighted by atomic mass is 10.0. The molecule has 2 amide bonds. The molecule has 1 atom stereocenters. The molecule has 35 heavy (non-hydrogen) atoms. The molecule has 0 saturated heterocycles. The number of aromatic nitrogens is 3. The Hall–Kier alpha value is -3.61. The third-order valence-corrected chi connectivity index (χ3v) is 6.18. The van der Waals surface area contributed by atoms with Crippen LogP contribution in [-0.4, -0.2) is 32.6 Å². The van der Waals surface area contributed by atoms with E-state index >= 15 is 0 Å². The van der Waals surface area contributed by atoms with Crippen LogP contribution in [0.3, 0.4) is 0 Å². The average molecular weight is 473 g/mol. The molecule has 0 bridgehead atoms. The number of carbonyl (C=O) groups excluding carboxylic acids is 1. The van der Waals surface area contributed by atoms with Gasteiger partial charge in [-0.25, -0.2) is 14.8 Å². The maximum Gasteiger partial charge on any atom is 0.315 e. The predicted octanol–water partition coefficient (Wildman–Crippen LogP) is 5.66. The van der Waals surface area contributed by atoms with Gasteiger partial charge >= 0.3 is 6.03 Å². The summed E-state index contributed by atoms with van der Waals surface area (Å²) >= 11 is 0. The lowest BCUT2D eigenvalue weighted by Gasteiger charge is -2.17. The molecule has 2 heterocycles. The van der Waals surface area contributed by atoms with E-state index in [4.69, 9.17) is 15.7 Å². The van der Waals surface area contributed by atoms with Crippen molar-refractivity contribution in [2.75, 3.05) is 5.73 Å². The topological polar surface area (TPSA) is 97.9 Å². The molecular weight excluding hydrogens is 436 g/mol. The van der Waals surface area contributed by atoms with Crippen LogP contribution in [0.1, 0.15) is 52.8 Å². The Balaban J connectivity index is 1.64. The lowest BCUT2D eigenvalue weighted by molar-refractivity contribution is 0.234. The van der Waals surface area contributed by atoms with E-state index in [9.17, 15) is 4.79 Å². The molecule has 0 spiro atoms. The van der Waals surface area contributed by atoms with Crippen molar-refractivity contribution >= 4 is 33.8 Å². The normalized spacial score (nSPS) is 12.4. The minimum atomic E-state index is -0.119. The van der Waals surface area contributed by atoms with Gasteiger partial charge < -0.3 is 20.9 Å². The zero-order chi connectivity index (χ0) is 24.9. The minimum Gasteiger partial charge on any atom is -0.382 e. The van der Waals surface area contributed by atoms with Crippen molar-refractivity contribution in [1.29, 1.82) is 0 Å². The van der Waals surface area contributed by atoms with Crippen LogP contribution < -0.4 is 16.4 Å². The zero-order valence-corrected chi connectivity index (χ0v) is 21.1. The van der Waals surface area contributed by atoms with Crippen molar-refractivity contribution in [2.45, 2.75) is 72.0 Å². The van der Waals surface area contributed by atoms with E-state index in [-0.39, 0.29) is 18.1 Å². The summed E-state index contributed by atoms with van der Waals surface area (Å²) in [5.41, 5.74) is 11.4. The number of hydrogen-bond acceptors (Lipinski definition) is 4. The fourth-order valence-corrected chi connectivity index (χ4v) is 4.58. The number of urea groups is 1. The van der Waals surface area contributed by atoms with Crippen LogP contribution in [0, 0.1) is 0 Å². The molecule has 0 aliphatic rings. The van der Waals surface area contributed by atoms with Gasteiger partial charge in [0.05, 0.1) is 11.0 Å². The number of rotatable bonds is 9. The molecule has 4 N–H and O–H groups in total. The van der Waals surface area contributed by atoms with Gasteiger partial charge in [0.25, 0.3) is 0 Å². The summed E-state index contributed by atoms with van der Waals surface area (Å²) in [5.74, 6) is 1.50. The molecule has 2 aromatic carbocycles. The Bertz CT molecular complexity index is 1310. The molecule has 0 fully saturated rings. The molecule has 0 radical (unpaired) electrons.